The highest BCUT2D eigenvalue weighted by atomic mass is 16.5. The van der Waals surface area contributed by atoms with E-state index in [0.717, 1.165) is 33.9 Å². The Morgan fingerprint density at radius 1 is 0.968 bits per heavy atom. The maximum Gasteiger partial charge on any atom is 0.227 e. The number of hydrogen-bond donors (Lipinski definition) is 0. The Bertz CT molecular complexity index is 1220. The highest BCUT2D eigenvalue weighted by molar-refractivity contribution is 5.96. The van der Waals surface area contributed by atoms with Crippen molar-refractivity contribution in [2.75, 3.05) is 18.1 Å². The zero-order valence-electron chi connectivity index (χ0n) is 17.6. The van der Waals surface area contributed by atoms with Gasteiger partial charge in [0.25, 0.3) is 0 Å². The van der Waals surface area contributed by atoms with E-state index in [1.807, 2.05) is 71.6 Å². The topological polar surface area (TPSA) is 47.4 Å². The van der Waals surface area contributed by atoms with E-state index in [4.69, 9.17) is 9.72 Å². The van der Waals surface area contributed by atoms with E-state index >= 15 is 0 Å². The van der Waals surface area contributed by atoms with Gasteiger partial charge in [0.1, 0.15) is 18.2 Å². The molecule has 3 aromatic carbocycles. The summed E-state index contributed by atoms with van der Waals surface area (Å²) in [5, 5.41) is 0. The Kier molecular flexibility index (Phi) is 5.16. The standard InChI is InChI=1S/C26H25N3O2/c1-19-9-5-8-14-24(19)31-16-15-28-23-13-7-6-12-22(23)27-26(28)20-17-25(30)29(18-20)21-10-3-2-4-11-21/h2-14,20H,15-18H2,1H3/t20-/m0/s1. The fraction of sp³-hybridized carbons (Fsp3) is 0.231. The lowest BCUT2D eigenvalue weighted by Gasteiger charge is -2.17. The number of ether oxygens (including phenoxy) is 1. The van der Waals surface area contributed by atoms with Gasteiger partial charge in [-0.3, -0.25) is 4.79 Å². The zero-order valence-corrected chi connectivity index (χ0v) is 17.6. The molecule has 5 heteroatoms. The molecule has 0 bridgehead atoms. The quantitative estimate of drug-likeness (QED) is 0.451. The maximum atomic E-state index is 12.8. The van der Waals surface area contributed by atoms with Gasteiger partial charge in [0.2, 0.25) is 5.91 Å². The second-order valence-corrected chi connectivity index (χ2v) is 7.97. The third kappa shape index (κ3) is 3.79. The van der Waals surface area contributed by atoms with Crippen LogP contribution < -0.4 is 9.64 Å². The Balaban J connectivity index is 1.41. The molecule has 1 amide bonds. The third-order valence-corrected chi connectivity index (χ3v) is 5.91. The molecule has 0 unspecified atom stereocenters. The summed E-state index contributed by atoms with van der Waals surface area (Å²) in [4.78, 5) is 19.6. The molecule has 0 N–H and O–H groups in total. The molecule has 2 heterocycles. The van der Waals surface area contributed by atoms with E-state index in [1.54, 1.807) is 0 Å². The predicted molar refractivity (Wildman–Crippen MR) is 123 cm³/mol. The van der Waals surface area contributed by atoms with E-state index in [-0.39, 0.29) is 11.8 Å². The number of anilines is 1. The number of fused-ring (bicyclic) bond motifs is 1. The minimum Gasteiger partial charge on any atom is -0.491 e. The van der Waals surface area contributed by atoms with Crippen LogP contribution in [-0.2, 0) is 11.3 Å². The van der Waals surface area contributed by atoms with Crippen LogP contribution in [0.3, 0.4) is 0 Å². The molecular weight excluding hydrogens is 386 g/mol. The van der Waals surface area contributed by atoms with Gasteiger partial charge >= 0.3 is 0 Å². The molecule has 156 valence electrons. The molecule has 1 aliphatic heterocycles. The number of amides is 1. The van der Waals surface area contributed by atoms with Crippen molar-refractivity contribution in [2.45, 2.75) is 25.8 Å². The molecule has 5 nitrogen and oxygen atoms in total. The van der Waals surface area contributed by atoms with Gasteiger partial charge in [0, 0.05) is 24.6 Å². The molecular formula is C26H25N3O2. The summed E-state index contributed by atoms with van der Waals surface area (Å²) in [5.41, 5.74) is 4.11. The third-order valence-electron chi connectivity index (χ3n) is 5.91. The number of imidazole rings is 1. The molecule has 5 rings (SSSR count). The first-order chi connectivity index (χ1) is 15.2. The van der Waals surface area contributed by atoms with Crippen LogP contribution in [0.15, 0.2) is 78.9 Å². The van der Waals surface area contributed by atoms with Gasteiger partial charge in [-0.1, -0.05) is 48.5 Å². The van der Waals surface area contributed by atoms with Crippen molar-refractivity contribution < 1.29 is 9.53 Å². The Labute approximate surface area is 181 Å². The van der Waals surface area contributed by atoms with Crippen molar-refractivity contribution >= 4 is 22.6 Å². The van der Waals surface area contributed by atoms with E-state index in [0.29, 0.717) is 26.1 Å². The molecule has 0 saturated carbocycles. The number of aromatic nitrogens is 2. The number of aryl methyl sites for hydroxylation is 1. The molecule has 0 spiro atoms. The summed E-state index contributed by atoms with van der Waals surface area (Å²) < 4.78 is 8.28. The van der Waals surface area contributed by atoms with Crippen molar-refractivity contribution in [1.29, 1.82) is 0 Å². The molecule has 1 aromatic heterocycles. The molecule has 1 fully saturated rings. The lowest BCUT2D eigenvalue weighted by atomic mass is 10.1. The number of rotatable bonds is 6. The fourth-order valence-corrected chi connectivity index (χ4v) is 4.34. The highest BCUT2D eigenvalue weighted by Crippen LogP contribution is 2.33. The molecule has 0 aliphatic carbocycles. The molecule has 1 saturated heterocycles. The van der Waals surface area contributed by atoms with Gasteiger partial charge < -0.3 is 14.2 Å². The average molecular weight is 412 g/mol. The van der Waals surface area contributed by atoms with Crippen LogP contribution in [0.5, 0.6) is 5.75 Å². The summed E-state index contributed by atoms with van der Waals surface area (Å²) in [7, 11) is 0. The summed E-state index contributed by atoms with van der Waals surface area (Å²) in [5.74, 6) is 2.06. The van der Waals surface area contributed by atoms with Gasteiger partial charge in [-0.15, -0.1) is 0 Å². The number of para-hydroxylation sites is 4. The van der Waals surface area contributed by atoms with Gasteiger partial charge in [-0.2, -0.15) is 0 Å². The summed E-state index contributed by atoms with van der Waals surface area (Å²) in [6.45, 7) is 3.92. The first-order valence-electron chi connectivity index (χ1n) is 10.7. The monoisotopic (exact) mass is 411 g/mol. The number of benzene rings is 3. The second-order valence-electron chi connectivity index (χ2n) is 7.97. The molecule has 31 heavy (non-hydrogen) atoms. The normalized spacial score (nSPS) is 16.2. The van der Waals surface area contributed by atoms with Crippen LogP contribution in [0, 0.1) is 6.92 Å². The molecule has 4 aromatic rings. The van der Waals surface area contributed by atoms with E-state index in [9.17, 15) is 4.79 Å². The van der Waals surface area contributed by atoms with Gasteiger partial charge in [-0.25, -0.2) is 4.98 Å². The summed E-state index contributed by atoms with van der Waals surface area (Å²) in [6.07, 6.45) is 0.469. The average Bonchev–Trinajstić information content (AvgIpc) is 3.36. The van der Waals surface area contributed by atoms with Crippen LogP contribution in [0.2, 0.25) is 0 Å². The number of nitrogens with zero attached hydrogens (tertiary/aromatic N) is 3. The van der Waals surface area contributed by atoms with E-state index < -0.39 is 0 Å². The Morgan fingerprint density at radius 2 is 1.71 bits per heavy atom. The van der Waals surface area contributed by atoms with E-state index in [1.165, 1.54) is 0 Å². The Morgan fingerprint density at radius 3 is 2.55 bits per heavy atom. The molecule has 1 atom stereocenters. The van der Waals surface area contributed by atoms with Crippen molar-refractivity contribution in [1.82, 2.24) is 9.55 Å². The van der Waals surface area contributed by atoms with Crippen molar-refractivity contribution in [3.63, 3.8) is 0 Å². The maximum absolute atomic E-state index is 12.8. The van der Waals surface area contributed by atoms with Crippen LogP contribution in [0.25, 0.3) is 11.0 Å². The van der Waals surface area contributed by atoms with Gasteiger partial charge in [-0.05, 0) is 42.8 Å². The smallest absolute Gasteiger partial charge is 0.227 e. The minimum absolute atomic E-state index is 0.0542. The second kappa shape index (κ2) is 8.26. The van der Waals surface area contributed by atoms with Crippen molar-refractivity contribution in [2.24, 2.45) is 0 Å². The minimum atomic E-state index is 0.0542. The van der Waals surface area contributed by atoms with Crippen LogP contribution in [0.4, 0.5) is 5.69 Å². The first kappa shape index (κ1) is 19.4. The zero-order chi connectivity index (χ0) is 21.2. The summed E-state index contributed by atoms with van der Waals surface area (Å²) in [6, 6.07) is 26.1. The van der Waals surface area contributed by atoms with Crippen molar-refractivity contribution in [3.05, 3.63) is 90.3 Å². The lowest BCUT2D eigenvalue weighted by Crippen LogP contribution is -2.24. The first-order valence-corrected chi connectivity index (χ1v) is 10.7. The Hall–Kier alpha value is -3.60. The highest BCUT2D eigenvalue weighted by Gasteiger charge is 2.34. The number of hydrogen-bond acceptors (Lipinski definition) is 3. The number of carbonyl (C=O) groups excluding carboxylic acids is 1. The van der Waals surface area contributed by atoms with Crippen LogP contribution in [0.1, 0.15) is 23.7 Å². The molecule has 0 radical (unpaired) electrons. The predicted octanol–water partition coefficient (Wildman–Crippen LogP) is 4.94. The number of carbonyl (C=O) groups is 1. The van der Waals surface area contributed by atoms with Crippen LogP contribution in [-0.4, -0.2) is 28.6 Å². The van der Waals surface area contributed by atoms with Crippen molar-refractivity contribution in [3.8, 4) is 5.75 Å². The largest absolute Gasteiger partial charge is 0.491 e. The van der Waals surface area contributed by atoms with E-state index in [2.05, 4.69) is 23.6 Å². The lowest BCUT2D eigenvalue weighted by molar-refractivity contribution is -0.117. The van der Waals surface area contributed by atoms with Crippen LogP contribution >= 0.6 is 0 Å². The van der Waals surface area contributed by atoms with Gasteiger partial charge in [0.05, 0.1) is 17.6 Å². The SMILES string of the molecule is Cc1ccccc1OCCn1c([C@H]2CC(=O)N(c3ccccc3)C2)nc2ccccc21. The fourth-order valence-electron chi connectivity index (χ4n) is 4.34. The molecule has 1 aliphatic rings. The summed E-state index contributed by atoms with van der Waals surface area (Å²) >= 11 is 0. The van der Waals surface area contributed by atoms with Gasteiger partial charge in [0.15, 0.2) is 0 Å².